The molecule has 0 bridgehead atoms. The molecule has 0 aliphatic heterocycles. The van der Waals surface area contributed by atoms with Crippen molar-refractivity contribution in [1.29, 1.82) is 0 Å². The van der Waals surface area contributed by atoms with Crippen molar-refractivity contribution in [2.45, 2.75) is 13.3 Å². The second kappa shape index (κ2) is 5.59. The van der Waals surface area contributed by atoms with Gasteiger partial charge in [-0.2, -0.15) is 5.10 Å². The fourth-order valence-electron chi connectivity index (χ4n) is 1.75. The van der Waals surface area contributed by atoms with Crippen molar-refractivity contribution in [2.24, 2.45) is 12.8 Å². The molecular weight excluding hydrogens is 228 g/mol. The highest BCUT2D eigenvalue weighted by Gasteiger charge is 2.08. The van der Waals surface area contributed by atoms with Crippen molar-refractivity contribution in [2.75, 3.05) is 18.4 Å². The molecule has 0 unspecified atom stereocenters. The Balaban J connectivity index is 2.19. The van der Waals surface area contributed by atoms with Gasteiger partial charge in [-0.05, 0) is 26.0 Å². The molecule has 0 fully saturated rings. The van der Waals surface area contributed by atoms with Crippen LogP contribution >= 0.6 is 0 Å². The van der Waals surface area contributed by atoms with Gasteiger partial charge in [0.05, 0.1) is 11.4 Å². The number of aryl methyl sites for hydroxylation is 2. The minimum atomic E-state index is 0.629. The largest absolute Gasteiger partial charge is 0.354 e. The first-order valence-corrected chi connectivity index (χ1v) is 5.98. The summed E-state index contributed by atoms with van der Waals surface area (Å²) >= 11 is 0. The Morgan fingerprint density at radius 2 is 2.28 bits per heavy atom. The highest BCUT2D eigenvalue weighted by Crippen LogP contribution is 2.20. The second-order valence-corrected chi connectivity index (χ2v) is 4.14. The monoisotopic (exact) mass is 246 g/mol. The van der Waals surface area contributed by atoms with E-state index in [1.54, 1.807) is 10.9 Å². The van der Waals surface area contributed by atoms with Crippen molar-refractivity contribution in [3.8, 4) is 11.3 Å². The van der Waals surface area contributed by atoms with Crippen molar-refractivity contribution in [3.63, 3.8) is 0 Å². The maximum absolute atomic E-state index is 5.44. The summed E-state index contributed by atoms with van der Waals surface area (Å²) in [5.74, 6) is 0.629. The van der Waals surface area contributed by atoms with Crippen LogP contribution in [0.5, 0.6) is 0 Å². The summed E-state index contributed by atoms with van der Waals surface area (Å²) in [6.45, 7) is 3.42. The summed E-state index contributed by atoms with van der Waals surface area (Å²) in [7, 11) is 1.90. The Morgan fingerprint density at radius 1 is 1.44 bits per heavy atom. The minimum Gasteiger partial charge on any atom is -0.354 e. The van der Waals surface area contributed by atoms with E-state index in [1.165, 1.54) is 0 Å². The molecule has 0 radical (unpaired) electrons. The van der Waals surface area contributed by atoms with Crippen molar-refractivity contribution < 1.29 is 0 Å². The van der Waals surface area contributed by atoms with E-state index in [0.717, 1.165) is 29.9 Å². The van der Waals surface area contributed by atoms with Crippen LogP contribution in [0.4, 0.5) is 5.95 Å². The summed E-state index contributed by atoms with van der Waals surface area (Å²) in [6.07, 6.45) is 4.61. The highest BCUT2D eigenvalue weighted by molar-refractivity contribution is 5.61. The highest BCUT2D eigenvalue weighted by atomic mass is 15.3. The van der Waals surface area contributed by atoms with E-state index in [-0.39, 0.29) is 0 Å². The van der Waals surface area contributed by atoms with Crippen LogP contribution in [-0.4, -0.2) is 32.8 Å². The van der Waals surface area contributed by atoms with Crippen LogP contribution in [0.25, 0.3) is 11.3 Å². The van der Waals surface area contributed by atoms with Crippen molar-refractivity contribution in [3.05, 3.63) is 24.2 Å². The van der Waals surface area contributed by atoms with Gasteiger partial charge in [0.15, 0.2) is 0 Å². The topological polar surface area (TPSA) is 81.7 Å². The summed E-state index contributed by atoms with van der Waals surface area (Å²) < 4.78 is 1.79. The number of hydrogen-bond acceptors (Lipinski definition) is 5. The lowest BCUT2D eigenvalue weighted by molar-refractivity contribution is 0.756. The van der Waals surface area contributed by atoms with Crippen LogP contribution in [0.1, 0.15) is 12.1 Å². The van der Waals surface area contributed by atoms with Crippen LogP contribution in [-0.2, 0) is 7.05 Å². The van der Waals surface area contributed by atoms with E-state index < -0.39 is 0 Å². The molecule has 0 amide bonds. The van der Waals surface area contributed by atoms with Crippen LogP contribution in [0.15, 0.2) is 18.5 Å². The Morgan fingerprint density at radius 3 is 2.94 bits per heavy atom. The second-order valence-electron chi connectivity index (χ2n) is 4.14. The fourth-order valence-corrected chi connectivity index (χ4v) is 1.75. The summed E-state index contributed by atoms with van der Waals surface area (Å²) in [5.41, 5.74) is 8.32. The molecule has 0 aliphatic carbocycles. The average Bonchev–Trinajstić information content (AvgIpc) is 2.69. The molecule has 3 N–H and O–H groups in total. The minimum absolute atomic E-state index is 0.629. The third kappa shape index (κ3) is 2.84. The first kappa shape index (κ1) is 12.5. The predicted octanol–water partition coefficient (Wildman–Crippen LogP) is 0.946. The Hall–Kier alpha value is -1.95. The Labute approximate surface area is 106 Å². The molecule has 0 saturated carbocycles. The number of rotatable bonds is 5. The van der Waals surface area contributed by atoms with Gasteiger partial charge >= 0.3 is 0 Å². The molecule has 2 heterocycles. The third-order valence-electron chi connectivity index (χ3n) is 2.61. The molecule has 2 aromatic heterocycles. The van der Waals surface area contributed by atoms with Crippen molar-refractivity contribution in [1.82, 2.24) is 19.7 Å². The normalized spacial score (nSPS) is 10.6. The summed E-state index contributed by atoms with van der Waals surface area (Å²) in [5, 5.41) is 7.46. The van der Waals surface area contributed by atoms with Crippen LogP contribution < -0.4 is 11.1 Å². The number of nitrogens with zero attached hydrogens (tertiary/aromatic N) is 4. The van der Waals surface area contributed by atoms with Crippen LogP contribution in [0, 0.1) is 6.92 Å². The zero-order chi connectivity index (χ0) is 13.0. The molecule has 0 atom stereocenters. The molecule has 2 aromatic rings. The molecule has 0 aromatic carbocycles. The maximum Gasteiger partial charge on any atom is 0.223 e. The molecule has 6 nitrogen and oxygen atoms in total. The summed E-state index contributed by atoms with van der Waals surface area (Å²) in [4.78, 5) is 8.66. The number of aromatic nitrogens is 4. The molecule has 0 saturated heterocycles. The molecule has 2 rings (SSSR count). The Bertz CT molecular complexity index is 519. The lowest BCUT2D eigenvalue weighted by Gasteiger charge is -2.05. The van der Waals surface area contributed by atoms with Gasteiger partial charge in [0, 0.05) is 31.5 Å². The summed E-state index contributed by atoms with van der Waals surface area (Å²) in [6, 6.07) is 1.89. The number of nitrogens with one attached hydrogen (secondary N) is 1. The van der Waals surface area contributed by atoms with Gasteiger partial charge in [-0.15, -0.1) is 0 Å². The lowest BCUT2D eigenvalue weighted by atomic mass is 10.2. The lowest BCUT2D eigenvalue weighted by Crippen LogP contribution is -2.10. The van der Waals surface area contributed by atoms with E-state index in [1.807, 2.05) is 26.2 Å². The molecular formula is C12H18N6. The maximum atomic E-state index is 5.44. The zero-order valence-electron chi connectivity index (χ0n) is 10.7. The first-order valence-electron chi connectivity index (χ1n) is 5.98. The van der Waals surface area contributed by atoms with Gasteiger partial charge in [0.25, 0.3) is 0 Å². The van der Waals surface area contributed by atoms with Gasteiger partial charge in [-0.1, -0.05) is 0 Å². The quantitative estimate of drug-likeness (QED) is 0.767. The average molecular weight is 246 g/mol. The fraction of sp³-hybridized carbons (Fsp3) is 0.417. The van der Waals surface area contributed by atoms with Gasteiger partial charge in [-0.3, -0.25) is 4.68 Å². The van der Waals surface area contributed by atoms with E-state index in [4.69, 9.17) is 5.73 Å². The molecule has 0 spiro atoms. The number of anilines is 1. The zero-order valence-corrected chi connectivity index (χ0v) is 10.7. The van der Waals surface area contributed by atoms with Crippen LogP contribution in [0.3, 0.4) is 0 Å². The molecule has 6 heteroatoms. The van der Waals surface area contributed by atoms with Crippen LogP contribution in [0.2, 0.25) is 0 Å². The molecule has 18 heavy (non-hydrogen) atoms. The first-order chi connectivity index (χ1) is 8.70. The van der Waals surface area contributed by atoms with E-state index in [9.17, 15) is 0 Å². The number of hydrogen-bond donors (Lipinski definition) is 2. The Kier molecular flexibility index (Phi) is 3.88. The van der Waals surface area contributed by atoms with Crippen molar-refractivity contribution >= 4 is 5.95 Å². The smallest absolute Gasteiger partial charge is 0.223 e. The molecule has 0 aliphatic rings. The van der Waals surface area contributed by atoms with E-state index in [2.05, 4.69) is 20.4 Å². The van der Waals surface area contributed by atoms with E-state index >= 15 is 0 Å². The predicted molar refractivity (Wildman–Crippen MR) is 71.1 cm³/mol. The number of nitrogens with two attached hydrogens (primary N) is 1. The standard InChI is InChI=1S/C12H18N6/c1-9-10(8-18(2)17-9)11-4-7-15-12(16-11)14-6-3-5-13/h4,7-8H,3,5-6,13H2,1-2H3,(H,14,15,16). The third-order valence-corrected chi connectivity index (χ3v) is 2.61. The van der Waals surface area contributed by atoms with Gasteiger partial charge in [-0.25, -0.2) is 9.97 Å². The SMILES string of the molecule is Cc1nn(C)cc1-c1ccnc(NCCCN)n1. The van der Waals surface area contributed by atoms with Gasteiger partial charge in [0.2, 0.25) is 5.95 Å². The molecule has 96 valence electrons. The van der Waals surface area contributed by atoms with Gasteiger partial charge in [0.1, 0.15) is 0 Å². The van der Waals surface area contributed by atoms with Gasteiger partial charge < -0.3 is 11.1 Å². The van der Waals surface area contributed by atoms with E-state index in [0.29, 0.717) is 12.5 Å².